The molecule has 1 amide bonds. The van der Waals surface area contributed by atoms with E-state index in [0.717, 1.165) is 58.4 Å². The number of carbonyl (C=O) groups excluding carboxylic acids is 1. The van der Waals surface area contributed by atoms with Gasteiger partial charge in [0.15, 0.2) is 0 Å². The van der Waals surface area contributed by atoms with Crippen molar-refractivity contribution in [3.05, 3.63) is 64.2 Å². The van der Waals surface area contributed by atoms with E-state index < -0.39 is 5.60 Å². The fraction of sp³-hybridized carbons (Fsp3) is 0.419. The topological polar surface area (TPSA) is 117 Å². The summed E-state index contributed by atoms with van der Waals surface area (Å²) in [5.41, 5.74) is 8.24. The first-order chi connectivity index (χ1) is 19.8. The van der Waals surface area contributed by atoms with Crippen molar-refractivity contribution in [2.45, 2.75) is 50.8 Å². The number of aromatic nitrogens is 4. The fourth-order valence-corrected chi connectivity index (χ4v) is 6.79. The highest BCUT2D eigenvalue weighted by atomic mass is 16.5. The Morgan fingerprint density at radius 2 is 1.98 bits per heavy atom. The second-order valence-electron chi connectivity index (χ2n) is 11.6. The van der Waals surface area contributed by atoms with Crippen molar-refractivity contribution in [2.24, 2.45) is 7.05 Å². The maximum Gasteiger partial charge on any atom is 0.254 e. The van der Waals surface area contributed by atoms with Crippen LogP contribution in [0.5, 0.6) is 0 Å². The molecule has 0 aromatic carbocycles. The molecule has 0 atom stereocenters. The molecule has 7 rings (SSSR count). The van der Waals surface area contributed by atoms with E-state index >= 15 is 0 Å². The number of fused-ring (bicyclic) bond motifs is 4. The van der Waals surface area contributed by atoms with Gasteiger partial charge in [0.25, 0.3) is 5.91 Å². The minimum Gasteiger partial charge on any atom is -0.385 e. The molecule has 1 saturated heterocycles. The molecular weight excluding hydrogens is 518 g/mol. The molecule has 10 nitrogen and oxygen atoms in total. The Hall–Kier alpha value is -3.86. The molecule has 4 aromatic rings. The van der Waals surface area contributed by atoms with Crippen LogP contribution in [0.2, 0.25) is 0 Å². The van der Waals surface area contributed by atoms with Gasteiger partial charge in [-0.15, -0.1) is 0 Å². The second-order valence-corrected chi connectivity index (χ2v) is 11.6. The summed E-state index contributed by atoms with van der Waals surface area (Å²) in [7, 11) is 6.05. The van der Waals surface area contributed by atoms with Gasteiger partial charge in [0.2, 0.25) is 0 Å². The van der Waals surface area contributed by atoms with Crippen molar-refractivity contribution in [2.75, 3.05) is 32.6 Å². The quantitative estimate of drug-likeness (QED) is 0.332. The van der Waals surface area contributed by atoms with Crippen LogP contribution >= 0.6 is 0 Å². The summed E-state index contributed by atoms with van der Waals surface area (Å²) in [6, 6.07) is 5.84. The van der Waals surface area contributed by atoms with E-state index in [4.69, 9.17) is 19.7 Å². The summed E-state index contributed by atoms with van der Waals surface area (Å²) in [6.07, 6.45) is 7.88. The SMILES string of the molecule is CN(C)Cc1nc(Nc2cnc(-c3ccnc4c3c3c(n4C)CCC3)c3c2C(=O)NC3)ccc1C1(O)CCOCC1. The standard InChI is InChI=1S/C31H35N7O3/c1-37(2)17-23-21(31(40)10-13-41-14-11-31)7-8-25(36-23)35-22-16-33-28(20-15-34-30(39)27(20)22)19-9-12-32-29-26(19)18-5-4-6-24(18)38(29)3/h7-9,12,16,40H,4-6,10-11,13-15,17H2,1-3H3,(H,34,39)(H,35,36). The predicted octanol–water partition coefficient (Wildman–Crippen LogP) is 3.57. The molecule has 0 unspecified atom stereocenters. The summed E-state index contributed by atoms with van der Waals surface area (Å²) in [4.78, 5) is 29.7. The summed E-state index contributed by atoms with van der Waals surface area (Å²) in [6.45, 7) is 2.03. The third-order valence-electron chi connectivity index (χ3n) is 8.76. The van der Waals surface area contributed by atoms with Crippen LogP contribution in [-0.2, 0) is 43.3 Å². The molecule has 41 heavy (non-hydrogen) atoms. The first-order valence-corrected chi connectivity index (χ1v) is 14.3. The van der Waals surface area contributed by atoms with Crippen molar-refractivity contribution in [3.8, 4) is 11.3 Å². The molecule has 10 heteroatoms. The summed E-state index contributed by atoms with van der Waals surface area (Å²) >= 11 is 0. The molecule has 212 valence electrons. The zero-order valence-corrected chi connectivity index (χ0v) is 23.8. The number of amides is 1. The number of carbonyl (C=O) groups is 1. The van der Waals surface area contributed by atoms with Crippen LogP contribution in [0.4, 0.5) is 11.5 Å². The van der Waals surface area contributed by atoms with Crippen molar-refractivity contribution in [1.82, 2.24) is 29.7 Å². The third kappa shape index (κ3) is 4.29. The number of anilines is 2. The Labute approximate surface area is 238 Å². The Bertz CT molecular complexity index is 1690. The number of nitrogens with zero attached hydrogens (tertiary/aromatic N) is 5. The number of rotatable bonds is 6. The number of pyridine rings is 3. The van der Waals surface area contributed by atoms with E-state index in [1.807, 2.05) is 43.4 Å². The second kappa shape index (κ2) is 9.90. The lowest BCUT2D eigenvalue weighted by molar-refractivity contribution is -0.0688. The van der Waals surface area contributed by atoms with E-state index in [9.17, 15) is 9.90 Å². The summed E-state index contributed by atoms with van der Waals surface area (Å²) in [5, 5.41) is 19.0. The monoisotopic (exact) mass is 553 g/mol. The van der Waals surface area contributed by atoms with Gasteiger partial charge >= 0.3 is 0 Å². The summed E-state index contributed by atoms with van der Waals surface area (Å²) < 4.78 is 7.70. The molecule has 1 aliphatic carbocycles. The molecular formula is C31H35N7O3. The van der Waals surface area contributed by atoms with E-state index in [0.29, 0.717) is 56.2 Å². The van der Waals surface area contributed by atoms with E-state index in [1.165, 1.54) is 11.3 Å². The predicted molar refractivity (Wildman–Crippen MR) is 156 cm³/mol. The highest BCUT2D eigenvalue weighted by Gasteiger charge is 2.35. The van der Waals surface area contributed by atoms with Gasteiger partial charge in [-0.05, 0) is 51.1 Å². The maximum atomic E-state index is 13.2. The molecule has 4 aromatic heterocycles. The van der Waals surface area contributed by atoms with Crippen molar-refractivity contribution in [3.63, 3.8) is 0 Å². The lowest BCUT2D eigenvalue weighted by Gasteiger charge is -2.34. The maximum absolute atomic E-state index is 13.2. The van der Waals surface area contributed by atoms with Crippen LogP contribution in [0.1, 0.15) is 57.7 Å². The molecule has 0 radical (unpaired) electrons. The highest BCUT2D eigenvalue weighted by Crippen LogP contribution is 2.41. The Balaban J connectivity index is 1.29. The van der Waals surface area contributed by atoms with E-state index in [-0.39, 0.29) is 5.91 Å². The number of ether oxygens (including phenoxy) is 1. The molecule has 0 saturated carbocycles. The van der Waals surface area contributed by atoms with Crippen molar-refractivity contribution >= 4 is 28.4 Å². The van der Waals surface area contributed by atoms with Crippen LogP contribution in [0.15, 0.2) is 30.6 Å². The first kappa shape index (κ1) is 26.1. The van der Waals surface area contributed by atoms with E-state index in [2.05, 4.69) is 22.2 Å². The zero-order chi connectivity index (χ0) is 28.3. The van der Waals surface area contributed by atoms with Gasteiger partial charge < -0.3 is 29.9 Å². The average Bonchev–Trinajstić information content (AvgIpc) is 3.66. The molecule has 0 spiro atoms. The lowest BCUT2D eigenvalue weighted by Crippen LogP contribution is -2.35. The largest absolute Gasteiger partial charge is 0.385 e. The van der Waals surface area contributed by atoms with Crippen LogP contribution in [0.3, 0.4) is 0 Å². The van der Waals surface area contributed by atoms with Crippen molar-refractivity contribution < 1.29 is 14.6 Å². The highest BCUT2D eigenvalue weighted by molar-refractivity contribution is 6.07. The van der Waals surface area contributed by atoms with Crippen LogP contribution in [-0.4, -0.2) is 62.7 Å². The molecule has 3 N–H and O–H groups in total. The number of aliphatic hydroxyl groups is 1. The van der Waals surface area contributed by atoms with Crippen molar-refractivity contribution in [1.29, 1.82) is 0 Å². The third-order valence-corrected chi connectivity index (χ3v) is 8.76. The Morgan fingerprint density at radius 3 is 2.78 bits per heavy atom. The summed E-state index contributed by atoms with van der Waals surface area (Å²) in [5.74, 6) is 0.473. The van der Waals surface area contributed by atoms with Crippen LogP contribution < -0.4 is 10.6 Å². The normalized spacial score (nSPS) is 17.6. The van der Waals surface area contributed by atoms with Gasteiger partial charge in [0.05, 0.1) is 34.4 Å². The number of nitrogens with one attached hydrogen (secondary N) is 2. The molecule has 6 heterocycles. The zero-order valence-electron chi connectivity index (χ0n) is 23.8. The average molecular weight is 554 g/mol. The number of aryl methyl sites for hydroxylation is 2. The van der Waals surface area contributed by atoms with Crippen LogP contribution in [0.25, 0.3) is 22.3 Å². The van der Waals surface area contributed by atoms with Gasteiger partial charge in [-0.2, -0.15) is 0 Å². The molecule has 0 bridgehead atoms. The molecule has 1 fully saturated rings. The molecule has 3 aliphatic rings. The fourth-order valence-electron chi connectivity index (χ4n) is 6.79. The van der Waals surface area contributed by atoms with Crippen LogP contribution in [0, 0.1) is 0 Å². The van der Waals surface area contributed by atoms with Gasteiger partial charge in [-0.1, -0.05) is 6.07 Å². The molecule has 2 aliphatic heterocycles. The lowest BCUT2D eigenvalue weighted by atomic mass is 9.85. The van der Waals surface area contributed by atoms with E-state index in [1.54, 1.807) is 6.20 Å². The minimum absolute atomic E-state index is 0.128. The minimum atomic E-state index is -0.965. The van der Waals surface area contributed by atoms with Gasteiger partial charge in [0, 0.05) is 80.2 Å². The Morgan fingerprint density at radius 1 is 1.15 bits per heavy atom. The smallest absolute Gasteiger partial charge is 0.254 e. The Kier molecular flexibility index (Phi) is 6.29. The first-order valence-electron chi connectivity index (χ1n) is 14.3. The van der Waals surface area contributed by atoms with Gasteiger partial charge in [0.1, 0.15) is 11.5 Å². The van der Waals surface area contributed by atoms with Gasteiger partial charge in [-0.25, -0.2) is 9.97 Å². The number of hydrogen-bond acceptors (Lipinski definition) is 8. The number of hydrogen-bond donors (Lipinski definition) is 3. The van der Waals surface area contributed by atoms with Gasteiger partial charge in [-0.3, -0.25) is 9.78 Å².